The highest BCUT2D eigenvalue weighted by molar-refractivity contribution is 7.98. The number of carbonyl (C=O) groups is 1. The highest BCUT2D eigenvalue weighted by atomic mass is 32.2. The van der Waals surface area contributed by atoms with E-state index in [1.54, 1.807) is 23.1 Å². The third kappa shape index (κ3) is 4.96. The molecule has 0 spiro atoms. The molecule has 0 aliphatic carbocycles. The lowest BCUT2D eigenvalue weighted by Crippen LogP contribution is -2.28. The summed E-state index contributed by atoms with van der Waals surface area (Å²) in [5.41, 5.74) is 4.88. The molecule has 2 aromatic carbocycles. The maximum Gasteiger partial charge on any atom is 0.252 e. The number of aromatic nitrogens is 1. The molecular weight excluding hydrogens is 360 g/mol. The van der Waals surface area contributed by atoms with Crippen LogP contribution >= 0.6 is 23.1 Å². The third-order valence-electron chi connectivity index (χ3n) is 4.26. The first-order valence-electron chi connectivity index (χ1n) is 8.70. The molecule has 0 aliphatic rings. The van der Waals surface area contributed by atoms with E-state index in [4.69, 9.17) is 0 Å². The topological polar surface area (TPSA) is 42.0 Å². The van der Waals surface area contributed by atoms with Crippen molar-refractivity contribution in [2.45, 2.75) is 29.9 Å². The van der Waals surface area contributed by atoms with Gasteiger partial charge in [0.05, 0.1) is 16.8 Å². The second-order valence-corrected chi connectivity index (χ2v) is 7.73. The van der Waals surface area contributed by atoms with E-state index < -0.39 is 0 Å². The average Bonchev–Trinajstić information content (AvgIpc) is 3.21. The van der Waals surface area contributed by atoms with Gasteiger partial charge < -0.3 is 5.32 Å². The minimum absolute atomic E-state index is 0.0132. The molecule has 0 saturated heterocycles. The molecule has 0 radical (unpaired) electrons. The SMILES string of the molecule is CCC(CNC(=O)c1ccccc1SCc1cscn1)c1ccccc1. The second kappa shape index (κ2) is 9.55. The smallest absolute Gasteiger partial charge is 0.252 e. The van der Waals surface area contributed by atoms with E-state index in [0.717, 1.165) is 28.3 Å². The lowest BCUT2D eigenvalue weighted by atomic mass is 9.96. The molecule has 3 nitrogen and oxygen atoms in total. The molecule has 1 amide bonds. The summed E-state index contributed by atoms with van der Waals surface area (Å²) in [5, 5.41) is 5.16. The molecule has 3 rings (SSSR count). The number of benzene rings is 2. The molecule has 26 heavy (non-hydrogen) atoms. The van der Waals surface area contributed by atoms with Crippen LogP contribution in [0.25, 0.3) is 0 Å². The van der Waals surface area contributed by atoms with Gasteiger partial charge in [-0.3, -0.25) is 4.79 Å². The van der Waals surface area contributed by atoms with E-state index in [0.29, 0.717) is 12.5 Å². The standard InChI is InChI=1S/C21H22N2OS2/c1-2-16(17-8-4-3-5-9-17)12-22-21(24)19-10-6-7-11-20(19)26-14-18-13-25-15-23-18/h3-11,13,15-16H,2,12,14H2,1H3,(H,22,24). The van der Waals surface area contributed by atoms with Crippen LogP contribution in [0.5, 0.6) is 0 Å². The van der Waals surface area contributed by atoms with Crippen LogP contribution in [0.15, 0.2) is 70.4 Å². The van der Waals surface area contributed by atoms with Gasteiger partial charge in [-0.2, -0.15) is 0 Å². The summed E-state index contributed by atoms with van der Waals surface area (Å²) in [5.74, 6) is 1.09. The zero-order chi connectivity index (χ0) is 18.2. The monoisotopic (exact) mass is 382 g/mol. The lowest BCUT2D eigenvalue weighted by molar-refractivity contribution is 0.0948. The molecule has 1 unspecified atom stereocenters. The fraction of sp³-hybridized carbons (Fsp3) is 0.238. The second-order valence-electron chi connectivity index (χ2n) is 5.99. The molecule has 1 heterocycles. The van der Waals surface area contributed by atoms with E-state index >= 15 is 0 Å². The minimum Gasteiger partial charge on any atom is -0.351 e. The van der Waals surface area contributed by atoms with Gasteiger partial charge in [0.25, 0.3) is 5.91 Å². The van der Waals surface area contributed by atoms with Crippen LogP contribution in [-0.2, 0) is 5.75 Å². The largest absolute Gasteiger partial charge is 0.351 e. The highest BCUT2D eigenvalue weighted by Crippen LogP contribution is 2.26. The molecule has 0 fully saturated rings. The van der Waals surface area contributed by atoms with Crippen LogP contribution in [0.4, 0.5) is 0 Å². The van der Waals surface area contributed by atoms with Crippen molar-refractivity contribution < 1.29 is 4.79 Å². The number of carbonyl (C=O) groups excluding carboxylic acids is 1. The van der Waals surface area contributed by atoms with E-state index in [1.165, 1.54) is 5.56 Å². The first kappa shape index (κ1) is 18.7. The molecule has 1 aromatic heterocycles. The van der Waals surface area contributed by atoms with E-state index in [9.17, 15) is 4.79 Å². The van der Waals surface area contributed by atoms with E-state index in [-0.39, 0.29) is 5.91 Å². The van der Waals surface area contributed by atoms with Crippen molar-refractivity contribution in [1.29, 1.82) is 0 Å². The van der Waals surface area contributed by atoms with Crippen LogP contribution in [0.3, 0.4) is 0 Å². The summed E-state index contributed by atoms with van der Waals surface area (Å²) in [4.78, 5) is 18.0. The molecule has 0 aliphatic heterocycles. The molecule has 5 heteroatoms. The lowest BCUT2D eigenvalue weighted by Gasteiger charge is -2.17. The van der Waals surface area contributed by atoms with Crippen molar-refractivity contribution >= 4 is 29.0 Å². The molecular formula is C21H22N2OS2. The first-order chi connectivity index (χ1) is 12.8. The summed E-state index contributed by atoms with van der Waals surface area (Å²) in [7, 11) is 0. The first-order valence-corrected chi connectivity index (χ1v) is 10.6. The fourth-order valence-corrected chi connectivity index (χ4v) is 4.39. The Kier molecular flexibility index (Phi) is 6.86. The zero-order valence-corrected chi connectivity index (χ0v) is 16.4. The van der Waals surface area contributed by atoms with Crippen molar-refractivity contribution in [2.24, 2.45) is 0 Å². The Morgan fingerprint density at radius 3 is 2.65 bits per heavy atom. The van der Waals surface area contributed by atoms with Crippen molar-refractivity contribution in [3.05, 3.63) is 82.3 Å². The van der Waals surface area contributed by atoms with E-state index in [1.807, 2.05) is 53.4 Å². The van der Waals surface area contributed by atoms with E-state index in [2.05, 4.69) is 29.4 Å². The van der Waals surface area contributed by atoms with Crippen LogP contribution in [-0.4, -0.2) is 17.4 Å². The van der Waals surface area contributed by atoms with Gasteiger partial charge in [-0.15, -0.1) is 23.1 Å². The summed E-state index contributed by atoms with van der Waals surface area (Å²) in [6.07, 6.45) is 0.991. The Hall–Kier alpha value is -2.11. The Morgan fingerprint density at radius 2 is 1.92 bits per heavy atom. The van der Waals surface area contributed by atoms with Gasteiger partial charge in [0.1, 0.15) is 0 Å². The number of thioether (sulfide) groups is 1. The van der Waals surface area contributed by atoms with Crippen LogP contribution in [0.2, 0.25) is 0 Å². The average molecular weight is 383 g/mol. The predicted molar refractivity (Wildman–Crippen MR) is 110 cm³/mol. The number of nitrogens with one attached hydrogen (secondary N) is 1. The van der Waals surface area contributed by atoms with Crippen molar-refractivity contribution in [3.63, 3.8) is 0 Å². The maximum atomic E-state index is 12.7. The molecule has 3 aromatic rings. The van der Waals surface area contributed by atoms with Gasteiger partial charge in [0.2, 0.25) is 0 Å². The Labute approximate surface area is 162 Å². The summed E-state index contributed by atoms with van der Waals surface area (Å²) in [6.45, 7) is 2.80. The van der Waals surface area contributed by atoms with Gasteiger partial charge in [-0.25, -0.2) is 4.98 Å². The number of hydrogen-bond donors (Lipinski definition) is 1. The van der Waals surface area contributed by atoms with Crippen LogP contribution < -0.4 is 5.32 Å². The predicted octanol–water partition coefficient (Wildman–Crippen LogP) is 5.36. The maximum absolute atomic E-state index is 12.7. The summed E-state index contributed by atoms with van der Waals surface area (Å²) < 4.78 is 0. The van der Waals surface area contributed by atoms with Gasteiger partial charge in [-0.1, -0.05) is 49.4 Å². The van der Waals surface area contributed by atoms with Gasteiger partial charge in [-0.05, 0) is 24.1 Å². The minimum atomic E-state index is -0.0132. The summed E-state index contributed by atoms with van der Waals surface area (Å²) >= 11 is 3.25. The normalized spacial score (nSPS) is 11.9. The van der Waals surface area contributed by atoms with Gasteiger partial charge >= 0.3 is 0 Å². The van der Waals surface area contributed by atoms with Crippen molar-refractivity contribution in [3.8, 4) is 0 Å². The van der Waals surface area contributed by atoms with Gasteiger partial charge in [0.15, 0.2) is 0 Å². The van der Waals surface area contributed by atoms with Crippen LogP contribution in [0, 0.1) is 0 Å². The molecule has 1 atom stereocenters. The molecule has 134 valence electrons. The summed E-state index contributed by atoms with van der Waals surface area (Å²) in [6, 6.07) is 18.1. The molecule has 0 bridgehead atoms. The highest BCUT2D eigenvalue weighted by Gasteiger charge is 2.15. The Morgan fingerprint density at radius 1 is 1.15 bits per heavy atom. The van der Waals surface area contributed by atoms with Crippen molar-refractivity contribution in [2.75, 3.05) is 6.54 Å². The van der Waals surface area contributed by atoms with Crippen LogP contribution in [0.1, 0.15) is 40.9 Å². The number of nitrogens with zero attached hydrogens (tertiary/aromatic N) is 1. The number of thiazole rings is 1. The van der Waals surface area contributed by atoms with Crippen molar-refractivity contribution in [1.82, 2.24) is 10.3 Å². The fourth-order valence-electron chi connectivity index (χ4n) is 2.77. The van der Waals surface area contributed by atoms with Gasteiger partial charge in [0, 0.05) is 28.5 Å². The zero-order valence-electron chi connectivity index (χ0n) is 14.7. The Bertz CT molecular complexity index is 819. The number of amides is 1. The molecule has 0 saturated carbocycles. The number of rotatable bonds is 8. The number of hydrogen-bond acceptors (Lipinski definition) is 4. The molecule has 1 N–H and O–H groups in total. The quantitative estimate of drug-likeness (QED) is 0.533. The Balaban J connectivity index is 1.64. The third-order valence-corrected chi connectivity index (χ3v) is 6.01.